The van der Waals surface area contributed by atoms with Crippen LogP contribution in [0.25, 0.3) is 0 Å². The van der Waals surface area contributed by atoms with Gasteiger partial charge in [0.2, 0.25) is 5.88 Å². The van der Waals surface area contributed by atoms with Crippen molar-refractivity contribution in [1.82, 2.24) is 4.98 Å². The van der Waals surface area contributed by atoms with Gasteiger partial charge < -0.3 is 10.5 Å². The Balaban J connectivity index is 2.16. The van der Waals surface area contributed by atoms with Crippen LogP contribution in [0.3, 0.4) is 0 Å². The third kappa shape index (κ3) is 3.26. The lowest BCUT2D eigenvalue weighted by atomic mass is 10.2. The van der Waals surface area contributed by atoms with E-state index in [4.69, 9.17) is 10.5 Å². The largest absolute Gasteiger partial charge is 0.439 e. The zero-order chi connectivity index (χ0) is 13.8. The van der Waals surface area contributed by atoms with Crippen LogP contribution in [0.15, 0.2) is 42.6 Å². The number of nitrogens with two attached hydrogens (primary N) is 1. The van der Waals surface area contributed by atoms with Crippen molar-refractivity contribution in [2.24, 2.45) is 5.73 Å². The number of pyridine rings is 1. The molecule has 1 aromatic heterocycles. The highest BCUT2D eigenvalue weighted by Gasteiger charge is 2.07. The first-order valence-electron chi connectivity index (χ1n) is 5.70. The number of nitrogens with zero attached hydrogens (tertiary/aromatic N) is 2. The summed E-state index contributed by atoms with van der Waals surface area (Å²) >= 11 is 0. The number of hydrogen-bond donors (Lipinski definition) is 1. The maximum Gasteiger partial charge on any atom is 0.273 e. The Bertz CT molecular complexity index is 582. The average molecular weight is 259 g/mol. The predicted molar refractivity (Wildman–Crippen MR) is 70.0 cm³/mol. The molecule has 6 nitrogen and oxygen atoms in total. The predicted octanol–water partition coefficient (Wildman–Crippen LogP) is 2.80. The van der Waals surface area contributed by atoms with E-state index in [1.54, 1.807) is 24.4 Å². The van der Waals surface area contributed by atoms with Crippen LogP contribution in [0.2, 0.25) is 0 Å². The minimum Gasteiger partial charge on any atom is -0.439 e. The first-order chi connectivity index (χ1) is 9.06. The van der Waals surface area contributed by atoms with E-state index >= 15 is 0 Å². The molecule has 1 aromatic carbocycles. The molecule has 2 aromatic rings. The topological polar surface area (TPSA) is 91.3 Å². The molecule has 1 heterocycles. The van der Waals surface area contributed by atoms with E-state index in [0.717, 1.165) is 5.56 Å². The molecule has 0 aliphatic rings. The van der Waals surface area contributed by atoms with Gasteiger partial charge in [-0.1, -0.05) is 12.1 Å². The number of nitro groups is 1. The van der Waals surface area contributed by atoms with E-state index in [2.05, 4.69) is 4.98 Å². The lowest BCUT2D eigenvalue weighted by Gasteiger charge is -2.07. The molecule has 1 atom stereocenters. The summed E-state index contributed by atoms with van der Waals surface area (Å²) < 4.78 is 5.45. The van der Waals surface area contributed by atoms with Crippen molar-refractivity contribution in [2.75, 3.05) is 0 Å². The number of aromatic nitrogens is 1. The molecule has 19 heavy (non-hydrogen) atoms. The van der Waals surface area contributed by atoms with Crippen molar-refractivity contribution in [3.63, 3.8) is 0 Å². The second-order valence-corrected chi connectivity index (χ2v) is 4.07. The Labute approximate surface area is 110 Å². The molecule has 0 amide bonds. The lowest BCUT2D eigenvalue weighted by molar-refractivity contribution is -0.384. The third-order valence-electron chi connectivity index (χ3n) is 2.54. The molecule has 2 rings (SSSR count). The maximum absolute atomic E-state index is 10.6. The van der Waals surface area contributed by atoms with Crippen LogP contribution in [0, 0.1) is 10.1 Å². The number of rotatable bonds is 4. The molecular formula is C13H13N3O3. The highest BCUT2D eigenvalue weighted by molar-refractivity contribution is 5.39. The van der Waals surface area contributed by atoms with E-state index in [1.807, 2.05) is 13.0 Å². The highest BCUT2D eigenvalue weighted by atomic mass is 16.6. The maximum atomic E-state index is 10.6. The standard InChI is InChI=1S/C13H13N3O3/c1-9(14)10-5-6-13(15-8-10)19-12-4-2-3-11(7-12)16(17)18/h2-9H,14H2,1H3/t9-/m0/s1. The van der Waals surface area contributed by atoms with Gasteiger partial charge in [-0.05, 0) is 18.6 Å². The zero-order valence-corrected chi connectivity index (χ0v) is 10.3. The fraction of sp³-hybridized carbons (Fsp3) is 0.154. The molecule has 0 bridgehead atoms. The van der Waals surface area contributed by atoms with E-state index < -0.39 is 4.92 Å². The first kappa shape index (κ1) is 13.0. The molecule has 0 fully saturated rings. The smallest absolute Gasteiger partial charge is 0.273 e. The quantitative estimate of drug-likeness (QED) is 0.673. The normalized spacial score (nSPS) is 11.9. The summed E-state index contributed by atoms with van der Waals surface area (Å²) in [6, 6.07) is 9.33. The second-order valence-electron chi connectivity index (χ2n) is 4.07. The number of ether oxygens (including phenoxy) is 1. The number of benzene rings is 1. The van der Waals surface area contributed by atoms with Crippen LogP contribution < -0.4 is 10.5 Å². The van der Waals surface area contributed by atoms with Gasteiger partial charge >= 0.3 is 0 Å². The van der Waals surface area contributed by atoms with E-state index in [-0.39, 0.29) is 11.7 Å². The molecule has 0 radical (unpaired) electrons. The highest BCUT2D eigenvalue weighted by Crippen LogP contribution is 2.24. The average Bonchev–Trinajstić information content (AvgIpc) is 2.39. The van der Waals surface area contributed by atoms with Gasteiger partial charge in [-0.15, -0.1) is 0 Å². The van der Waals surface area contributed by atoms with Crippen LogP contribution in [-0.2, 0) is 0 Å². The van der Waals surface area contributed by atoms with Crippen molar-refractivity contribution in [2.45, 2.75) is 13.0 Å². The van der Waals surface area contributed by atoms with E-state index in [9.17, 15) is 10.1 Å². The van der Waals surface area contributed by atoms with Crippen molar-refractivity contribution in [3.8, 4) is 11.6 Å². The van der Waals surface area contributed by atoms with Crippen LogP contribution in [-0.4, -0.2) is 9.91 Å². The Morgan fingerprint density at radius 2 is 2.16 bits per heavy atom. The van der Waals surface area contributed by atoms with Gasteiger partial charge in [-0.25, -0.2) is 4.98 Å². The first-order valence-corrected chi connectivity index (χ1v) is 5.70. The van der Waals surface area contributed by atoms with Gasteiger partial charge in [-0.3, -0.25) is 10.1 Å². The minimum atomic E-state index is -0.473. The van der Waals surface area contributed by atoms with Crippen LogP contribution in [0.5, 0.6) is 11.6 Å². The summed E-state index contributed by atoms with van der Waals surface area (Å²) in [6.07, 6.45) is 1.62. The molecule has 6 heteroatoms. The SMILES string of the molecule is C[C@H](N)c1ccc(Oc2cccc([N+](=O)[O-])c2)nc1. The lowest BCUT2D eigenvalue weighted by Crippen LogP contribution is -2.05. The molecule has 2 N–H and O–H groups in total. The zero-order valence-electron chi connectivity index (χ0n) is 10.3. The number of hydrogen-bond acceptors (Lipinski definition) is 5. The van der Waals surface area contributed by atoms with Gasteiger partial charge in [0.25, 0.3) is 5.69 Å². The van der Waals surface area contributed by atoms with E-state index in [1.165, 1.54) is 12.1 Å². The van der Waals surface area contributed by atoms with E-state index in [0.29, 0.717) is 11.6 Å². The monoisotopic (exact) mass is 259 g/mol. The fourth-order valence-corrected chi connectivity index (χ4v) is 1.50. The van der Waals surface area contributed by atoms with Crippen LogP contribution in [0.4, 0.5) is 5.69 Å². The molecule has 0 aliphatic carbocycles. The summed E-state index contributed by atoms with van der Waals surface area (Å²) in [6.45, 7) is 1.86. The van der Waals surface area contributed by atoms with Gasteiger partial charge in [-0.2, -0.15) is 0 Å². The summed E-state index contributed by atoms with van der Waals surface area (Å²) in [5.41, 5.74) is 6.59. The summed E-state index contributed by atoms with van der Waals surface area (Å²) in [5.74, 6) is 0.736. The second kappa shape index (κ2) is 5.45. The molecule has 0 aliphatic heterocycles. The minimum absolute atomic E-state index is 0.0234. The Hall–Kier alpha value is -2.47. The van der Waals surface area contributed by atoms with Crippen molar-refractivity contribution >= 4 is 5.69 Å². The number of non-ortho nitro benzene ring substituents is 1. The van der Waals surface area contributed by atoms with Crippen LogP contribution >= 0.6 is 0 Å². The molecule has 0 spiro atoms. The Kier molecular flexibility index (Phi) is 3.72. The van der Waals surface area contributed by atoms with Gasteiger partial charge in [0.15, 0.2) is 0 Å². The number of nitro benzene ring substituents is 1. The summed E-state index contributed by atoms with van der Waals surface area (Å²) in [7, 11) is 0. The van der Waals surface area contributed by atoms with Crippen LogP contribution in [0.1, 0.15) is 18.5 Å². The van der Waals surface area contributed by atoms with Crippen molar-refractivity contribution in [1.29, 1.82) is 0 Å². The third-order valence-corrected chi connectivity index (χ3v) is 2.54. The van der Waals surface area contributed by atoms with Gasteiger partial charge in [0, 0.05) is 24.4 Å². The molecule has 98 valence electrons. The van der Waals surface area contributed by atoms with Gasteiger partial charge in [0.05, 0.1) is 11.0 Å². The van der Waals surface area contributed by atoms with Gasteiger partial charge in [0.1, 0.15) is 5.75 Å². The molecule has 0 unspecified atom stereocenters. The van der Waals surface area contributed by atoms with Crippen molar-refractivity contribution in [3.05, 3.63) is 58.3 Å². The molecule has 0 saturated heterocycles. The molecule has 0 saturated carbocycles. The summed E-state index contributed by atoms with van der Waals surface area (Å²) in [4.78, 5) is 14.3. The Morgan fingerprint density at radius 3 is 2.74 bits per heavy atom. The molecular weight excluding hydrogens is 246 g/mol. The fourth-order valence-electron chi connectivity index (χ4n) is 1.50. The Morgan fingerprint density at radius 1 is 1.37 bits per heavy atom. The van der Waals surface area contributed by atoms with Crippen molar-refractivity contribution < 1.29 is 9.66 Å². The summed E-state index contributed by atoms with van der Waals surface area (Å²) in [5, 5.41) is 10.6.